The third-order valence-corrected chi connectivity index (χ3v) is 5.93. The van der Waals surface area contributed by atoms with Gasteiger partial charge in [-0.05, 0) is 48.9 Å². The van der Waals surface area contributed by atoms with Crippen molar-refractivity contribution in [2.75, 3.05) is 0 Å². The molecular formula is C19H13ClF2O6S. The second-order valence-corrected chi connectivity index (χ2v) is 8.42. The highest BCUT2D eigenvalue weighted by Crippen LogP contribution is 2.26. The van der Waals surface area contributed by atoms with Gasteiger partial charge in [0.2, 0.25) is 9.84 Å². The van der Waals surface area contributed by atoms with Crippen LogP contribution >= 0.6 is 11.6 Å². The van der Waals surface area contributed by atoms with Gasteiger partial charge >= 0.3 is 17.4 Å². The average molecular weight is 443 g/mol. The summed E-state index contributed by atoms with van der Waals surface area (Å²) in [4.78, 5) is 23.3. The first-order valence-electron chi connectivity index (χ1n) is 8.11. The van der Waals surface area contributed by atoms with Gasteiger partial charge in [-0.1, -0.05) is 11.6 Å². The summed E-state index contributed by atoms with van der Waals surface area (Å²) in [7, 11) is -4.75. The lowest BCUT2D eigenvalue weighted by molar-refractivity contribution is 0.0473. The number of aryl methyl sites for hydroxylation is 1. The number of rotatable bonds is 5. The van der Waals surface area contributed by atoms with Crippen LogP contribution in [-0.2, 0) is 21.2 Å². The molecule has 3 rings (SSSR count). The fraction of sp³-hybridized carbons (Fsp3) is 0.158. The maximum Gasteiger partial charge on any atom is 0.341 e. The van der Waals surface area contributed by atoms with Gasteiger partial charge in [0, 0.05) is 22.0 Å². The molecule has 0 bridgehead atoms. The van der Waals surface area contributed by atoms with Crippen molar-refractivity contribution in [2.24, 2.45) is 0 Å². The van der Waals surface area contributed by atoms with Crippen LogP contribution in [0.5, 0.6) is 0 Å². The van der Waals surface area contributed by atoms with Crippen molar-refractivity contribution >= 4 is 38.4 Å². The third kappa shape index (κ3) is 4.30. The predicted octanol–water partition coefficient (Wildman–Crippen LogP) is 4.11. The molecule has 1 heterocycles. The summed E-state index contributed by atoms with van der Waals surface area (Å²) in [6, 6.07) is 8.26. The largest absolute Gasteiger partial charge is 0.457 e. The molecule has 0 aliphatic heterocycles. The van der Waals surface area contributed by atoms with Crippen molar-refractivity contribution in [3.63, 3.8) is 0 Å². The van der Waals surface area contributed by atoms with E-state index in [1.165, 1.54) is 6.07 Å². The van der Waals surface area contributed by atoms with E-state index in [4.69, 9.17) is 20.8 Å². The maximum atomic E-state index is 12.6. The van der Waals surface area contributed by atoms with Gasteiger partial charge in [-0.15, -0.1) is 0 Å². The Balaban J connectivity index is 1.83. The third-order valence-electron chi connectivity index (χ3n) is 4.12. The number of carbonyl (C=O) groups excluding carboxylic acids is 1. The molecular weight excluding hydrogens is 430 g/mol. The van der Waals surface area contributed by atoms with Gasteiger partial charge in [-0.3, -0.25) is 0 Å². The van der Waals surface area contributed by atoms with Gasteiger partial charge < -0.3 is 9.15 Å². The number of ether oxygens (including phenoxy) is 1. The van der Waals surface area contributed by atoms with Crippen LogP contribution in [0.25, 0.3) is 11.0 Å². The Morgan fingerprint density at radius 2 is 1.83 bits per heavy atom. The van der Waals surface area contributed by atoms with Crippen molar-refractivity contribution in [1.29, 1.82) is 0 Å². The molecule has 2 aromatic carbocycles. The molecule has 0 N–H and O–H groups in total. The van der Waals surface area contributed by atoms with E-state index < -0.39 is 32.1 Å². The minimum atomic E-state index is -4.75. The Kier molecular flexibility index (Phi) is 5.72. The molecule has 0 unspecified atom stereocenters. The Morgan fingerprint density at radius 3 is 2.45 bits per heavy atom. The first-order valence-corrected chi connectivity index (χ1v) is 10.0. The van der Waals surface area contributed by atoms with Crippen molar-refractivity contribution in [2.45, 2.75) is 24.2 Å². The minimum absolute atomic E-state index is 0.0423. The van der Waals surface area contributed by atoms with E-state index in [1.807, 2.05) is 0 Å². The molecule has 0 saturated carbocycles. The monoisotopic (exact) mass is 442 g/mol. The van der Waals surface area contributed by atoms with Crippen LogP contribution in [-0.4, -0.2) is 20.1 Å². The van der Waals surface area contributed by atoms with E-state index >= 15 is 0 Å². The van der Waals surface area contributed by atoms with Crippen molar-refractivity contribution in [3.8, 4) is 0 Å². The van der Waals surface area contributed by atoms with E-state index in [0.29, 0.717) is 21.5 Å². The van der Waals surface area contributed by atoms with Gasteiger partial charge in [-0.2, -0.15) is 8.78 Å². The van der Waals surface area contributed by atoms with Crippen LogP contribution in [0.4, 0.5) is 8.78 Å². The summed E-state index contributed by atoms with van der Waals surface area (Å²) in [5.41, 5.74) is 0.678. The number of sulfone groups is 1. The van der Waals surface area contributed by atoms with Gasteiger partial charge in [0.25, 0.3) is 0 Å². The van der Waals surface area contributed by atoms with Gasteiger partial charge in [0.05, 0.1) is 10.5 Å². The maximum absolute atomic E-state index is 12.6. The molecule has 0 aliphatic carbocycles. The van der Waals surface area contributed by atoms with E-state index in [1.54, 1.807) is 19.1 Å². The lowest BCUT2D eigenvalue weighted by Gasteiger charge is -2.09. The van der Waals surface area contributed by atoms with Crippen LogP contribution in [0.15, 0.2) is 56.6 Å². The van der Waals surface area contributed by atoms with E-state index in [0.717, 1.165) is 24.3 Å². The zero-order valence-corrected chi connectivity index (χ0v) is 16.4. The molecule has 0 fully saturated rings. The smallest absolute Gasteiger partial charge is 0.341 e. The number of fused-ring (bicyclic) bond motifs is 1. The summed E-state index contributed by atoms with van der Waals surface area (Å²) in [6.45, 7) is 1.46. The highest BCUT2D eigenvalue weighted by molar-refractivity contribution is 7.91. The molecule has 29 heavy (non-hydrogen) atoms. The number of hydrogen-bond donors (Lipinski definition) is 0. The minimum Gasteiger partial charge on any atom is -0.457 e. The lowest BCUT2D eigenvalue weighted by Crippen LogP contribution is -2.12. The Labute approximate surface area is 168 Å². The zero-order valence-electron chi connectivity index (χ0n) is 14.8. The second kappa shape index (κ2) is 7.92. The summed E-state index contributed by atoms with van der Waals surface area (Å²) >= 11 is 6.10. The molecule has 1 aromatic heterocycles. The summed E-state index contributed by atoms with van der Waals surface area (Å²) in [5.74, 6) is -4.39. The zero-order chi connectivity index (χ0) is 21.3. The normalized spacial score (nSPS) is 11.8. The number of alkyl halides is 2. The fourth-order valence-electron chi connectivity index (χ4n) is 2.58. The topological polar surface area (TPSA) is 90.7 Å². The molecule has 0 spiro atoms. The molecule has 0 aliphatic rings. The standard InChI is InChI=1S/C19H13ClF2O6S/c1-10-6-16-14(8-15(10)20)12(7-17(23)28-16)9-27-18(24)11-2-4-13(5-3-11)29(25,26)19(21)22/h2-8,19H,9H2,1H3. The van der Waals surface area contributed by atoms with Gasteiger partial charge in [-0.25, -0.2) is 18.0 Å². The number of carbonyl (C=O) groups is 1. The van der Waals surface area contributed by atoms with Crippen molar-refractivity contribution < 1.29 is 31.1 Å². The molecule has 0 atom stereocenters. The highest BCUT2D eigenvalue weighted by Gasteiger charge is 2.26. The number of esters is 1. The van der Waals surface area contributed by atoms with E-state index in [9.17, 15) is 26.8 Å². The number of hydrogen-bond acceptors (Lipinski definition) is 6. The van der Waals surface area contributed by atoms with Gasteiger partial charge in [0.1, 0.15) is 12.2 Å². The first-order chi connectivity index (χ1) is 13.6. The quantitative estimate of drug-likeness (QED) is 0.436. The van der Waals surface area contributed by atoms with Crippen LogP contribution in [0.1, 0.15) is 21.5 Å². The summed E-state index contributed by atoms with van der Waals surface area (Å²) in [5, 5.41) is 0.932. The summed E-state index contributed by atoms with van der Waals surface area (Å²) in [6.07, 6.45) is 0. The Bertz CT molecular complexity index is 1250. The SMILES string of the molecule is Cc1cc2oc(=O)cc(COC(=O)c3ccc(S(=O)(=O)C(F)F)cc3)c2cc1Cl. The van der Waals surface area contributed by atoms with Gasteiger partial charge in [0.15, 0.2) is 0 Å². The molecule has 0 saturated heterocycles. The van der Waals surface area contributed by atoms with E-state index in [2.05, 4.69) is 0 Å². The Morgan fingerprint density at radius 1 is 1.17 bits per heavy atom. The summed E-state index contributed by atoms with van der Waals surface area (Å²) < 4.78 is 58.2. The molecule has 6 nitrogen and oxygen atoms in total. The molecule has 0 amide bonds. The van der Waals surface area contributed by atoms with Crippen LogP contribution in [0.2, 0.25) is 5.02 Å². The van der Waals surface area contributed by atoms with Crippen molar-refractivity contribution in [1.82, 2.24) is 0 Å². The first kappa shape index (κ1) is 20.9. The lowest BCUT2D eigenvalue weighted by atomic mass is 10.1. The van der Waals surface area contributed by atoms with Crippen LogP contribution < -0.4 is 5.63 Å². The van der Waals surface area contributed by atoms with Crippen LogP contribution in [0.3, 0.4) is 0 Å². The number of benzene rings is 2. The molecule has 3 aromatic rings. The van der Waals surface area contributed by atoms with Crippen LogP contribution in [0, 0.1) is 6.92 Å². The van der Waals surface area contributed by atoms with Crippen molar-refractivity contribution in [3.05, 3.63) is 74.6 Å². The fourth-order valence-corrected chi connectivity index (χ4v) is 3.46. The highest BCUT2D eigenvalue weighted by atomic mass is 35.5. The van der Waals surface area contributed by atoms with E-state index in [-0.39, 0.29) is 17.8 Å². The number of halogens is 3. The molecule has 152 valence electrons. The Hall–Kier alpha value is -2.78. The second-order valence-electron chi connectivity index (χ2n) is 6.09. The molecule has 0 radical (unpaired) electrons. The predicted molar refractivity (Wildman–Crippen MR) is 101 cm³/mol. The average Bonchev–Trinajstić information content (AvgIpc) is 2.67. The molecule has 10 heteroatoms.